The maximum absolute atomic E-state index is 12.9. The Morgan fingerprint density at radius 3 is 2.50 bits per heavy atom. The molecular weight excluding hydrogens is 504 g/mol. The van der Waals surface area contributed by atoms with E-state index in [0.29, 0.717) is 34.3 Å². The number of aromatic nitrogens is 5. The summed E-state index contributed by atoms with van der Waals surface area (Å²) in [6.45, 7) is 6.14. The fourth-order valence-electron chi connectivity index (χ4n) is 3.95. The number of aryl methyl sites for hydroxylation is 1. The van der Waals surface area contributed by atoms with E-state index in [9.17, 15) is 10.1 Å². The van der Waals surface area contributed by atoms with Gasteiger partial charge in [-0.25, -0.2) is 9.48 Å². The smallest absolute Gasteiger partial charge is 0.324 e. The molecule has 0 aliphatic rings. The second kappa shape index (κ2) is 10.7. The first-order valence-electron chi connectivity index (χ1n) is 12.6. The summed E-state index contributed by atoms with van der Waals surface area (Å²) in [6, 6.07) is 21.3. The lowest BCUT2D eigenvalue weighted by Crippen LogP contribution is -2.21. The van der Waals surface area contributed by atoms with Gasteiger partial charge in [0.2, 0.25) is 0 Å². The van der Waals surface area contributed by atoms with E-state index in [1.54, 1.807) is 70.3 Å². The van der Waals surface area contributed by atoms with Crippen molar-refractivity contribution < 1.29 is 9.53 Å². The maximum atomic E-state index is 12.9. The topological polar surface area (TPSA) is 123 Å². The minimum Gasteiger partial charge on any atom is -0.457 e. The van der Waals surface area contributed by atoms with Crippen LogP contribution in [0.4, 0.5) is 16.3 Å². The van der Waals surface area contributed by atoms with Gasteiger partial charge in [-0.05, 0) is 48.5 Å². The van der Waals surface area contributed by atoms with Gasteiger partial charge in [-0.15, -0.1) is 0 Å². The molecule has 40 heavy (non-hydrogen) atoms. The molecule has 5 rings (SSSR count). The van der Waals surface area contributed by atoms with E-state index < -0.39 is 6.03 Å². The van der Waals surface area contributed by atoms with E-state index in [0.717, 1.165) is 17.0 Å². The molecule has 10 heteroatoms. The average Bonchev–Trinajstić information content (AvgIpc) is 3.56. The summed E-state index contributed by atoms with van der Waals surface area (Å²) in [5.41, 5.74) is 3.98. The second-order valence-corrected chi connectivity index (χ2v) is 10.2. The Bertz CT molecular complexity index is 1700. The highest BCUT2D eigenvalue weighted by atomic mass is 16.5. The molecule has 0 saturated heterocycles. The van der Waals surface area contributed by atoms with Crippen molar-refractivity contribution in [2.45, 2.75) is 26.2 Å². The lowest BCUT2D eigenvalue weighted by molar-refractivity contribution is 0.262. The number of ether oxygens (including phenoxy) is 1. The van der Waals surface area contributed by atoms with Gasteiger partial charge in [0.25, 0.3) is 0 Å². The minimum absolute atomic E-state index is 0.242. The molecule has 0 aliphatic heterocycles. The fourth-order valence-corrected chi connectivity index (χ4v) is 3.95. The molecule has 0 unspecified atom stereocenters. The first-order valence-corrected chi connectivity index (χ1v) is 12.6. The predicted molar refractivity (Wildman–Crippen MR) is 153 cm³/mol. The molecule has 0 spiro atoms. The highest BCUT2D eigenvalue weighted by Gasteiger charge is 2.22. The van der Waals surface area contributed by atoms with E-state index >= 15 is 0 Å². The van der Waals surface area contributed by atoms with Gasteiger partial charge in [-0.3, -0.25) is 15.0 Å². The molecule has 0 fully saturated rings. The van der Waals surface area contributed by atoms with Gasteiger partial charge in [-0.1, -0.05) is 26.8 Å². The minimum atomic E-state index is -0.429. The predicted octanol–water partition coefficient (Wildman–Crippen LogP) is 6.27. The molecule has 2 amide bonds. The molecular formula is C30H28N8O2. The number of nitrogens with zero attached hydrogens (tertiary/aromatic N) is 6. The second-order valence-electron chi connectivity index (χ2n) is 10.2. The summed E-state index contributed by atoms with van der Waals surface area (Å²) in [5.74, 6) is 1.73. The number of anilines is 2. The molecule has 200 valence electrons. The van der Waals surface area contributed by atoms with Crippen molar-refractivity contribution in [3.8, 4) is 34.5 Å². The zero-order valence-electron chi connectivity index (χ0n) is 22.6. The molecule has 3 heterocycles. The number of carbonyl (C=O) groups excluding carboxylic acids is 1. The van der Waals surface area contributed by atoms with E-state index in [1.807, 2.05) is 52.2 Å². The van der Waals surface area contributed by atoms with Crippen LogP contribution in [-0.2, 0) is 12.5 Å². The van der Waals surface area contributed by atoms with E-state index in [4.69, 9.17) is 9.84 Å². The summed E-state index contributed by atoms with van der Waals surface area (Å²) < 4.78 is 9.34. The molecule has 3 aromatic heterocycles. The number of nitriles is 1. The van der Waals surface area contributed by atoms with E-state index in [-0.39, 0.29) is 5.41 Å². The number of hydrogen-bond acceptors (Lipinski definition) is 6. The molecule has 0 aliphatic carbocycles. The molecule has 2 N–H and O–H groups in total. The van der Waals surface area contributed by atoms with Crippen molar-refractivity contribution in [3.63, 3.8) is 0 Å². The molecule has 2 aromatic carbocycles. The molecule has 0 radical (unpaired) electrons. The number of urea groups is 1. The third-order valence-electron chi connectivity index (χ3n) is 6.02. The Balaban J connectivity index is 1.28. The van der Waals surface area contributed by atoms with Crippen LogP contribution in [0.1, 0.15) is 32.0 Å². The summed E-state index contributed by atoms with van der Waals surface area (Å²) in [6.07, 6.45) is 5.32. The van der Waals surface area contributed by atoms with Crippen molar-refractivity contribution in [1.82, 2.24) is 24.5 Å². The van der Waals surface area contributed by atoms with Crippen LogP contribution in [-0.4, -0.2) is 30.6 Å². The lowest BCUT2D eigenvalue weighted by atomic mass is 9.92. The van der Waals surface area contributed by atoms with E-state index in [2.05, 4.69) is 26.8 Å². The van der Waals surface area contributed by atoms with Crippen LogP contribution in [0.15, 0.2) is 85.3 Å². The highest BCUT2D eigenvalue weighted by Crippen LogP contribution is 2.28. The van der Waals surface area contributed by atoms with Crippen LogP contribution in [0, 0.1) is 11.3 Å². The first kappa shape index (κ1) is 26.2. The molecule has 0 saturated carbocycles. The Morgan fingerprint density at radius 1 is 1.00 bits per heavy atom. The zero-order chi connectivity index (χ0) is 28.3. The van der Waals surface area contributed by atoms with Crippen molar-refractivity contribution in [2.75, 3.05) is 10.6 Å². The average molecular weight is 533 g/mol. The Hall–Kier alpha value is -5.43. The van der Waals surface area contributed by atoms with Gasteiger partial charge in [0.15, 0.2) is 0 Å². The van der Waals surface area contributed by atoms with Crippen molar-refractivity contribution in [2.24, 2.45) is 7.05 Å². The number of pyridine rings is 1. The fraction of sp³-hybridized carbons (Fsp3) is 0.167. The standard InChI is InChI=1S/C30H28N8O2/c1-30(2,3)27-16-28(38(36-27)23-7-5-6-20(14-23)17-31)35-29(39)34-22-8-10-24(11-9-22)40-25-12-13-32-26(15-25)21-18-33-37(4)19-21/h5-16,18-19H,1-4H3,(H2,34,35,39). The van der Waals surface area contributed by atoms with Crippen LogP contribution in [0.3, 0.4) is 0 Å². The third kappa shape index (κ3) is 6.00. The van der Waals surface area contributed by atoms with Crippen LogP contribution < -0.4 is 15.4 Å². The Kier molecular flexibility index (Phi) is 7.03. The largest absolute Gasteiger partial charge is 0.457 e. The van der Waals surface area contributed by atoms with Gasteiger partial charge < -0.3 is 10.1 Å². The first-order chi connectivity index (χ1) is 19.2. The summed E-state index contributed by atoms with van der Waals surface area (Å²) in [4.78, 5) is 17.3. The number of carbonyl (C=O) groups is 1. The quantitative estimate of drug-likeness (QED) is 0.266. The van der Waals surface area contributed by atoms with Gasteiger partial charge in [-0.2, -0.15) is 15.5 Å². The maximum Gasteiger partial charge on any atom is 0.324 e. The van der Waals surface area contributed by atoms with Crippen LogP contribution in [0.25, 0.3) is 16.9 Å². The molecule has 10 nitrogen and oxygen atoms in total. The summed E-state index contributed by atoms with van der Waals surface area (Å²) in [5, 5.41) is 23.9. The van der Waals surface area contributed by atoms with Gasteiger partial charge in [0, 0.05) is 48.2 Å². The monoisotopic (exact) mass is 532 g/mol. The van der Waals surface area contributed by atoms with E-state index in [1.165, 1.54) is 0 Å². The Labute approximate surface area is 231 Å². The third-order valence-corrected chi connectivity index (χ3v) is 6.02. The number of hydrogen-bond donors (Lipinski definition) is 2. The SMILES string of the molecule is Cn1cc(-c2cc(Oc3ccc(NC(=O)Nc4cc(C(C)(C)C)nn4-c4cccc(C#N)c4)cc3)ccn2)cn1. The molecule has 0 atom stereocenters. The van der Waals surface area contributed by atoms with Crippen molar-refractivity contribution in [3.05, 3.63) is 96.6 Å². The molecule has 0 bridgehead atoms. The number of amides is 2. The van der Waals surface area contributed by atoms with Crippen LogP contribution in [0.5, 0.6) is 11.5 Å². The van der Waals surface area contributed by atoms with Gasteiger partial charge in [0.05, 0.1) is 34.9 Å². The number of benzene rings is 2. The van der Waals surface area contributed by atoms with Crippen molar-refractivity contribution in [1.29, 1.82) is 5.26 Å². The number of rotatable bonds is 6. The highest BCUT2D eigenvalue weighted by molar-refractivity contribution is 5.99. The molecule has 5 aromatic rings. The summed E-state index contributed by atoms with van der Waals surface area (Å²) >= 11 is 0. The number of nitrogens with one attached hydrogen (secondary N) is 2. The summed E-state index contributed by atoms with van der Waals surface area (Å²) in [7, 11) is 1.85. The zero-order valence-corrected chi connectivity index (χ0v) is 22.6. The van der Waals surface area contributed by atoms with Crippen LogP contribution >= 0.6 is 0 Å². The van der Waals surface area contributed by atoms with Crippen molar-refractivity contribution >= 4 is 17.5 Å². The Morgan fingerprint density at radius 2 is 1.80 bits per heavy atom. The van der Waals surface area contributed by atoms with Gasteiger partial charge >= 0.3 is 6.03 Å². The van der Waals surface area contributed by atoms with Crippen LogP contribution in [0.2, 0.25) is 0 Å². The lowest BCUT2D eigenvalue weighted by Gasteiger charge is -2.14. The normalized spacial score (nSPS) is 11.1. The van der Waals surface area contributed by atoms with Gasteiger partial charge in [0.1, 0.15) is 17.3 Å².